The van der Waals surface area contributed by atoms with Crippen molar-refractivity contribution in [2.45, 2.75) is 24.8 Å². The van der Waals surface area contributed by atoms with E-state index in [1.807, 2.05) is 0 Å². The van der Waals surface area contributed by atoms with Gasteiger partial charge < -0.3 is 9.84 Å². The summed E-state index contributed by atoms with van der Waals surface area (Å²) in [7, 11) is 0. The molecule has 1 N–H and O–H groups in total. The predicted octanol–water partition coefficient (Wildman–Crippen LogP) is 3.22. The molecule has 6 heteroatoms. The summed E-state index contributed by atoms with van der Waals surface area (Å²) >= 11 is 5.63. The largest absolute Gasteiger partial charge is 0.573 e. The summed E-state index contributed by atoms with van der Waals surface area (Å²) < 4.78 is 39.5. The Morgan fingerprint density at radius 3 is 2.38 bits per heavy atom. The van der Waals surface area contributed by atoms with Gasteiger partial charge in [-0.3, -0.25) is 0 Å². The molecule has 1 aromatic carbocycles. The molecule has 0 aromatic heterocycles. The highest BCUT2D eigenvalue weighted by Crippen LogP contribution is 2.46. The second-order valence-corrected chi connectivity index (χ2v) is 4.13. The highest BCUT2D eigenvalue weighted by atomic mass is 35.5. The maximum absolute atomic E-state index is 11.9. The molecule has 1 fully saturated rings. The van der Waals surface area contributed by atoms with E-state index in [0.29, 0.717) is 18.4 Å². The first-order valence-electron chi connectivity index (χ1n) is 4.58. The maximum Gasteiger partial charge on any atom is 0.573 e. The predicted molar refractivity (Wildman–Crippen MR) is 51.3 cm³/mol. The first-order chi connectivity index (χ1) is 7.30. The van der Waals surface area contributed by atoms with E-state index in [9.17, 15) is 18.3 Å². The lowest BCUT2D eigenvalue weighted by molar-refractivity contribution is -0.274. The Hall–Kier alpha value is -0.940. The minimum atomic E-state index is -4.76. The summed E-state index contributed by atoms with van der Waals surface area (Å²) in [6.45, 7) is 0. The van der Waals surface area contributed by atoms with Gasteiger partial charge in [-0.1, -0.05) is 17.7 Å². The van der Waals surface area contributed by atoms with Crippen molar-refractivity contribution in [2.75, 3.05) is 0 Å². The zero-order valence-electron chi connectivity index (χ0n) is 8.01. The molecular weight excluding hydrogens is 245 g/mol. The average molecular weight is 253 g/mol. The van der Waals surface area contributed by atoms with Gasteiger partial charge in [0.2, 0.25) is 0 Å². The van der Waals surface area contributed by atoms with E-state index in [1.165, 1.54) is 12.1 Å². The number of benzene rings is 1. The molecular formula is C10H8ClF3O2. The van der Waals surface area contributed by atoms with Gasteiger partial charge in [-0.15, -0.1) is 13.2 Å². The number of alkyl halides is 3. The molecule has 0 unspecified atom stereocenters. The minimum Gasteiger partial charge on any atom is -0.404 e. The quantitative estimate of drug-likeness (QED) is 0.876. The average Bonchev–Trinajstić information content (AvgIpc) is 2.86. The van der Waals surface area contributed by atoms with Gasteiger partial charge in [0.05, 0.1) is 10.6 Å². The zero-order valence-corrected chi connectivity index (χ0v) is 8.77. The Kier molecular flexibility index (Phi) is 2.55. The van der Waals surface area contributed by atoms with Crippen LogP contribution < -0.4 is 4.74 Å². The van der Waals surface area contributed by atoms with Crippen molar-refractivity contribution in [3.05, 3.63) is 28.8 Å². The molecule has 0 aliphatic heterocycles. The van der Waals surface area contributed by atoms with Crippen LogP contribution in [0.1, 0.15) is 18.4 Å². The summed E-state index contributed by atoms with van der Waals surface area (Å²) in [5.74, 6) is -0.456. The molecule has 16 heavy (non-hydrogen) atoms. The third-order valence-corrected chi connectivity index (χ3v) is 2.71. The Morgan fingerprint density at radius 2 is 1.94 bits per heavy atom. The number of aliphatic hydroxyl groups is 1. The summed E-state index contributed by atoms with van der Waals surface area (Å²) in [5.41, 5.74) is -0.396. The van der Waals surface area contributed by atoms with Gasteiger partial charge in [0.25, 0.3) is 0 Å². The Morgan fingerprint density at radius 1 is 1.31 bits per heavy atom. The second kappa shape index (κ2) is 3.53. The van der Waals surface area contributed by atoms with E-state index in [2.05, 4.69) is 4.74 Å². The number of ether oxygens (including phenoxy) is 1. The van der Waals surface area contributed by atoms with Gasteiger partial charge in [-0.05, 0) is 30.5 Å². The molecule has 2 nitrogen and oxygen atoms in total. The number of hydrogen-bond donors (Lipinski definition) is 1. The monoisotopic (exact) mass is 252 g/mol. The van der Waals surface area contributed by atoms with E-state index >= 15 is 0 Å². The topological polar surface area (TPSA) is 29.5 Å². The molecule has 0 spiro atoms. The van der Waals surface area contributed by atoms with E-state index in [4.69, 9.17) is 11.6 Å². The molecule has 88 valence electrons. The molecule has 0 amide bonds. The highest BCUT2D eigenvalue weighted by molar-refractivity contribution is 6.32. The van der Waals surface area contributed by atoms with Gasteiger partial charge >= 0.3 is 6.36 Å². The minimum absolute atomic E-state index is 0.157. The normalized spacial score (nSPS) is 18.3. The SMILES string of the molecule is OC1(c2ccc(OC(F)(F)F)c(Cl)c2)CC1. The molecule has 0 saturated heterocycles. The Labute approximate surface area is 94.6 Å². The van der Waals surface area contributed by atoms with Crippen molar-refractivity contribution in [3.8, 4) is 5.75 Å². The molecule has 1 saturated carbocycles. The third-order valence-electron chi connectivity index (χ3n) is 2.42. The maximum atomic E-state index is 11.9. The lowest BCUT2D eigenvalue weighted by Crippen LogP contribution is -2.17. The lowest BCUT2D eigenvalue weighted by Gasteiger charge is -2.13. The molecule has 0 atom stereocenters. The number of hydrogen-bond acceptors (Lipinski definition) is 2. The van der Waals surface area contributed by atoms with E-state index < -0.39 is 17.7 Å². The lowest BCUT2D eigenvalue weighted by atomic mass is 10.1. The van der Waals surface area contributed by atoms with E-state index in [1.54, 1.807) is 0 Å². The Bertz CT molecular complexity index is 413. The summed E-state index contributed by atoms with van der Waals surface area (Å²) in [6, 6.07) is 3.80. The fraction of sp³-hybridized carbons (Fsp3) is 0.400. The first-order valence-corrected chi connectivity index (χ1v) is 4.96. The van der Waals surface area contributed by atoms with Crippen LogP contribution in [-0.4, -0.2) is 11.5 Å². The summed E-state index contributed by atoms with van der Waals surface area (Å²) in [4.78, 5) is 0. The molecule has 1 aromatic rings. The van der Waals surface area contributed by atoms with Crippen LogP contribution in [0.3, 0.4) is 0 Å². The van der Waals surface area contributed by atoms with Gasteiger partial charge in [0.1, 0.15) is 5.75 Å². The van der Waals surface area contributed by atoms with Crippen molar-refractivity contribution in [1.29, 1.82) is 0 Å². The molecule has 2 rings (SSSR count). The van der Waals surface area contributed by atoms with Gasteiger partial charge in [0, 0.05) is 0 Å². The van der Waals surface area contributed by atoms with Crippen LogP contribution in [-0.2, 0) is 5.60 Å². The van der Waals surface area contributed by atoms with Crippen molar-refractivity contribution < 1.29 is 23.0 Å². The van der Waals surface area contributed by atoms with Crippen LogP contribution in [0.2, 0.25) is 5.02 Å². The zero-order chi connectivity index (χ0) is 12.0. The van der Waals surface area contributed by atoms with Crippen molar-refractivity contribution in [3.63, 3.8) is 0 Å². The fourth-order valence-corrected chi connectivity index (χ4v) is 1.62. The van der Waals surface area contributed by atoms with Crippen LogP contribution in [0.5, 0.6) is 5.75 Å². The number of halogens is 4. The first kappa shape index (κ1) is 11.5. The standard InChI is InChI=1S/C10H8ClF3O2/c11-7-5-6(9(15)3-4-9)1-2-8(7)16-10(12,13)14/h1-2,5,15H,3-4H2. The molecule has 0 heterocycles. The smallest absolute Gasteiger partial charge is 0.404 e. The van der Waals surface area contributed by atoms with Crippen LogP contribution in [0.4, 0.5) is 13.2 Å². The van der Waals surface area contributed by atoms with Gasteiger partial charge in [0.15, 0.2) is 0 Å². The van der Waals surface area contributed by atoms with Crippen molar-refractivity contribution in [2.24, 2.45) is 0 Å². The van der Waals surface area contributed by atoms with Crippen molar-refractivity contribution >= 4 is 11.6 Å². The van der Waals surface area contributed by atoms with Crippen LogP contribution in [0.25, 0.3) is 0 Å². The number of rotatable bonds is 2. The Balaban J connectivity index is 2.23. The third kappa shape index (κ3) is 2.41. The van der Waals surface area contributed by atoms with Crippen LogP contribution in [0, 0.1) is 0 Å². The summed E-state index contributed by atoms with van der Waals surface area (Å²) in [5, 5.41) is 9.57. The van der Waals surface area contributed by atoms with E-state index in [0.717, 1.165) is 6.07 Å². The van der Waals surface area contributed by atoms with Gasteiger partial charge in [-0.2, -0.15) is 0 Å². The summed E-state index contributed by atoms with van der Waals surface area (Å²) in [6.07, 6.45) is -3.56. The fourth-order valence-electron chi connectivity index (χ4n) is 1.40. The molecule has 0 bridgehead atoms. The second-order valence-electron chi connectivity index (χ2n) is 3.72. The van der Waals surface area contributed by atoms with Crippen LogP contribution in [0.15, 0.2) is 18.2 Å². The highest BCUT2D eigenvalue weighted by Gasteiger charge is 2.42. The van der Waals surface area contributed by atoms with Gasteiger partial charge in [-0.25, -0.2) is 0 Å². The molecule has 1 aliphatic carbocycles. The van der Waals surface area contributed by atoms with Crippen LogP contribution >= 0.6 is 11.6 Å². The molecule has 0 radical (unpaired) electrons. The molecule has 1 aliphatic rings. The van der Waals surface area contributed by atoms with E-state index in [-0.39, 0.29) is 5.02 Å². The van der Waals surface area contributed by atoms with Crippen molar-refractivity contribution in [1.82, 2.24) is 0 Å².